The van der Waals surface area contributed by atoms with E-state index in [-0.39, 0.29) is 0 Å². The summed E-state index contributed by atoms with van der Waals surface area (Å²) in [6.07, 6.45) is 4.50. The predicted octanol–water partition coefficient (Wildman–Crippen LogP) is 1.17. The molecule has 2 saturated heterocycles. The quantitative estimate of drug-likeness (QED) is 0.343. The minimum absolute atomic E-state index is 0.515. The van der Waals surface area contributed by atoms with Gasteiger partial charge in [0.25, 0.3) is 0 Å². The lowest BCUT2D eigenvalue weighted by Gasteiger charge is -2.00. The largest absolute Gasteiger partial charge is 0.373 e. The first-order valence-electron chi connectivity index (χ1n) is 4.53. The smallest absolute Gasteiger partial charge is 0.0832 e. The summed E-state index contributed by atoms with van der Waals surface area (Å²) in [4.78, 5) is 0. The van der Waals surface area contributed by atoms with E-state index in [0.29, 0.717) is 21.0 Å². The average molecular weight is 190 g/mol. The van der Waals surface area contributed by atoms with Crippen LogP contribution in [0.2, 0.25) is 0 Å². The van der Waals surface area contributed by atoms with Crippen molar-refractivity contribution >= 4 is 8.81 Å². The standard InChI is InChI=1S/C8H15O3P/c1(7-5-9-7)3-11-12-4-2-8-6-10-8/h7-8,12H,1-6H2. The van der Waals surface area contributed by atoms with Gasteiger partial charge in [-0.25, -0.2) is 0 Å². The maximum Gasteiger partial charge on any atom is 0.0832 e. The first-order valence-corrected chi connectivity index (χ1v) is 5.64. The van der Waals surface area contributed by atoms with E-state index in [1.165, 1.54) is 6.42 Å². The van der Waals surface area contributed by atoms with E-state index < -0.39 is 0 Å². The van der Waals surface area contributed by atoms with Gasteiger partial charge in [-0.15, -0.1) is 0 Å². The number of epoxide rings is 2. The first kappa shape index (κ1) is 8.89. The highest BCUT2D eigenvalue weighted by atomic mass is 31.1. The molecule has 3 atom stereocenters. The summed E-state index contributed by atoms with van der Waals surface area (Å²) < 4.78 is 15.6. The van der Waals surface area contributed by atoms with Gasteiger partial charge >= 0.3 is 0 Å². The van der Waals surface area contributed by atoms with Crippen LogP contribution in [0.5, 0.6) is 0 Å². The Morgan fingerprint density at radius 2 is 1.83 bits per heavy atom. The zero-order valence-corrected chi connectivity index (χ0v) is 8.12. The molecule has 4 heteroatoms. The van der Waals surface area contributed by atoms with Crippen LogP contribution >= 0.6 is 8.81 Å². The van der Waals surface area contributed by atoms with Gasteiger partial charge in [0.2, 0.25) is 0 Å². The summed E-state index contributed by atoms with van der Waals surface area (Å²) in [5, 5.41) is 0. The molecule has 3 unspecified atom stereocenters. The third-order valence-corrected chi connectivity index (χ3v) is 2.92. The van der Waals surface area contributed by atoms with Crippen molar-refractivity contribution in [1.29, 1.82) is 0 Å². The molecule has 12 heavy (non-hydrogen) atoms. The Bertz CT molecular complexity index is 118. The second-order valence-electron chi connectivity index (χ2n) is 3.23. The van der Waals surface area contributed by atoms with Gasteiger partial charge in [0.15, 0.2) is 0 Å². The second kappa shape index (κ2) is 4.52. The highest BCUT2D eigenvalue weighted by Gasteiger charge is 2.22. The van der Waals surface area contributed by atoms with Gasteiger partial charge < -0.3 is 14.0 Å². The average Bonchev–Trinajstić information content (AvgIpc) is 2.89. The van der Waals surface area contributed by atoms with Crippen LogP contribution < -0.4 is 0 Å². The van der Waals surface area contributed by atoms with E-state index >= 15 is 0 Å². The van der Waals surface area contributed by atoms with Gasteiger partial charge in [-0.2, -0.15) is 0 Å². The lowest BCUT2D eigenvalue weighted by atomic mass is 10.4. The van der Waals surface area contributed by atoms with Crippen molar-refractivity contribution in [3.8, 4) is 0 Å². The zero-order chi connectivity index (χ0) is 8.23. The van der Waals surface area contributed by atoms with Crippen molar-refractivity contribution < 1.29 is 14.0 Å². The van der Waals surface area contributed by atoms with E-state index in [4.69, 9.17) is 14.0 Å². The normalized spacial score (nSPS) is 33.0. The SMILES string of the molecule is C(CC1CO1)OPCCC1CO1. The van der Waals surface area contributed by atoms with E-state index in [9.17, 15) is 0 Å². The first-order chi connectivity index (χ1) is 5.95. The molecule has 0 N–H and O–H groups in total. The molecule has 0 bridgehead atoms. The third kappa shape index (κ3) is 3.81. The Kier molecular flexibility index (Phi) is 3.35. The van der Waals surface area contributed by atoms with Gasteiger partial charge in [0.1, 0.15) is 0 Å². The Balaban J connectivity index is 1.31. The topological polar surface area (TPSA) is 34.3 Å². The van der Waals surface area contributed by atoms with Gasteiger partial charge in [-0.3, -0.25) is 0 Å². The lowest BCUT2D eigenvalue weighted by Crippen LogP contribution is -1.93. The molecule has 0 amide bonds. The molecule has 0 aromatic heterocycles. The van der Waals surface area contributed by atoms with E-state index in [0.717, 1.165) is 32.4 Å². The monoisotopic (exact) mass is 190 g/mol. The molecule has 2 heterocycles. The fourth-order valence-electron chi connectivity index (χ4n) is 1.02. The fourth-order valence-corrected chi connectivity index (χ4v) is 1.87. The highest BCUT2D eigenvalue weighted by Crippen LogP contribution is 2.22. The van der Waals surface area contributed by atoms with Crippen LogP contribution in [0, 0.1) is 0 Å². The molecular weight excluding hydrogens is 175 g/mol. The van der Waals surface area contributed by atoms with Crippen LogP contribution in [-0.4, -0.2) is 38.2 Å². The molecule has 0 aromatic carbocycles. The molecule has 3 nitrogen and oxygen atoms in total. The third-order valence-electron chi connectivity index (χ3n) is 2.02. The Morgan fingerprint density at radius 1 is 1.17 bits per heavy atom. The van der Waals surface area contributed by atoms with Crippen LogP contribution in [0.1, 0.15) is 12.8 Å². The van der Waals surface area contributed by atoms with Gasteiger partial charge in [0, 0.05) is 8.81 Å². The maximum absolute atomic E-state index is 5.45. The predicted molar refractivity (Wildman–Crippen MR) is 47.8 cm³/mol. The van der Waals surface area contributed by atoms with Crippen molar-refractivity contribution in [3.63, 3.8) is 0 Å². The number of ether oxygens (including phenoxy) is 2. The zero-order valence-electron chi connectivity index (χ0n) is 7.12. The van der Waals surface area contributed by atoms with E-state index in [2.05, 4.69) is 0 Å². The van der Waals surface area contributed by atoms with E-state index in [1.54, 1.807) is 0 Å². The molecule has 2 aliphatic heterocycles. The number of rotatable bonds is 7. The summed E-state index contributed by atoms with van der Waals surface area (Å²) >= 11 is 0. The number of hydrogen-bond donors (Lipinski definition) is 0. The summed E-state index contributed by atoms with van der Waals surface area (Å²) in [5.41, 5.74) is 0. The minimum atomic E-state index is 0.515. The van der Waals surface area contributed by atoms with Crippen LogP contribution in [0.3, 0.4) is 0 Å². The summed E-state index contributed by atoms with van der Waals surface area (Å²) in [5.74, 6) is 0. The molecule has 2 aliphatic rings. The number of hydrogen-bond acceptors (Lipinski definition) is 3. The van der Waals surface area contributed by atoms with Crippen molar-refractivity contribution in [2.45, 2.75) is 25.0 Å². The van der Waals surface area contributed by atoms with Crippen LogP contribution in [-0.2, 0) is 14.0 Å². The Labute approximate surface area is 74.6 Å². The van der Waals surface area contributed by atoms with Crippen molar-refractivity contribution in [1.82, 2.24) is 0 Å². The summed E-state index contributed by atoms with van der Waals surface area (Å²) in [7, 11) is 0.657. The summed E-state index contributed by atoms with van der Waals surface area (Å²) in [6, 6.07) is 0. The highest BCUT2D eigenvalue weighted by molar-refractivity contribution is 7.32. The molecule has 2 rings (SSSR count). The maximum atomic E-state index is 5.45. The molecule has 0 radical (unpaired) electrons. The van der Waals surface area contributed by atoms with Crippen molar-refractivity contribution in [2.24, 2.45) is 0 Å². The molecule has 0 aliphatic carbocycles. The molecule has 2 fully saturated rings. The fraction of sp³-hybridized carbons (Fsp3) is 1.00. The molecular formula is C8H15O3P. The summed E-state index contributed by atoms with van der Waals surface area (Å²) in [6.45, 7) is 2.79. The van der Waals surface area contributed by atoms with Crippen LogP contribution in [0.4, 0.5) is 0 Å². The Hall–Kier alpha value is 0.310. The van der Waals surface area contributed by atoms with Crippen LogP contribution in [0.15, 0.2) is 0 Å². The van der Waals surface area contributed by atoms with Gasteiger partial charge in [-0.05, 0) is 19.0 Å². The molecule has 0 aromatic rings. The van der Waals surface area contributed by atoms with Gasteiger partial charge in [-0.1, -0.05) is 0 Å². The second-order valence-corrected chi connectivity index (χ2v) is 4.31. The lowest BCUT2D eigenvalue weighted by molar-refractivity contribution is 0.310. The van der Waals surface area contributed by atoms with Crippen molar-refractivity contribution in [3.05, 3.63) is 0 Å². The van der Waals surface area contributed by atoms with E-state index in [1.807, 2.05) is 0 Å². The van der Waals surface area contributed by atoms with Crippen LogP contribution in [0.25, 0.3) is 0 Å². The Morgan fingerprint density at radius 3 is 2.50 bits per heavy atom. The van der Waals surface area contributed by atoms with Gasteiger partial charge in [0.05, 0.1) is 32.0 Å². The minimum Gasteiger partial charge on any atom is -0.373 e. The molecule has 0 spiro atoms. The molecule has 0 saturated carbocycles. The van der Waals surface area contributed by atoms with Crippen molar-refractivity contribution in [2.75, 3.05) is 26.0 Å². The molecule has 70 valence electrons.